The summed E-state index contributed by atoms with van der Waals surface area (Å²) in [6.07, 6.45) is 3.37. The molecule has 1 aromatic heterocycles. The number of esters is 1. The molecule has 4 heteroatoms. The summed E-state index contributed by atoms with van der Waals surface area (Å²) in [5.41, 5.74) is 2.50. The summed E-state index contributed by atoms with van der Waals surface area (Å²) < 4.78 is 5.19. The summed E-state index contributed by atoms with van der Waals surface area (Å²) in [4.78, 5) is 15.7. The first-order valence-corrected chi connectivity index (χ1v) is 5.38. The van der Waals surface area contributed by atoms with Gasteiger partial charge < -0.3 is 4.74 Å². The molecule has 0 aliphatic carbocycles. The first-order valence-electron chi connectivity index (χ1n) is 5.38. The van der Waals surface area contributed by atoms with Crippen molar-refractivity contribution in [3.8, 4) is 0 Å². The van der Waals surface area contributed by atoms with Crippen molar-refractivity contribution in [3.63, 3.8) is 0 Å². The number of carbonyl (C=O) groups excluding carboxylic acids is 1. The topological polar surface area (TPSA) is 39.2 Å². The molecule has 0 unspecified atom stereocenters. The Kier molecular flexibility index (Phi) is 5.33. The molecule has 0 amide bonds. The van der Waals surface area contributed by atoms with Crippen LogP contribution in [0.15, 0.2) is 48.8 Å². The molecule has 0 saturated heterocycles. The van der Waals surface area contributed by atoms with Crippen LogP contribution in [0.3, 0.4) is 0 Å². The molecule has 0 bridgehead atoms. The van der Waals surface area contributed by atoms with Crippen LogP contribution in [0.4, 0.5) is 0 Å². The molecule has 0 N–H and O–H groups in total. The molecule has 0 aliphatic rings. The number of hydrogen-bond donors (Lipinski definition) is 0. The second kappa shape index (κ2) is 6.77. The number of nitrogens with zero attached hydrogens (tertiary/aromatic N) is 1. The van der Waals surface area contributed by atoms with E-state index < -0.39 is 0 Å². The Bertz CT molecular complexity index is 514. The van der Waals surface area contributed by atoms with E-state index in [4.69, 9.17) is 4.74 Å². The predicted molar refractivity (Wildman–Crippen MR) is 71.8 cm³/mol. The van der Waals surface area contributed by atoms with Crippen LogP contribution < -0.4 is 0 Å². The van der Waals surface area contributed by atoms with Crippen molar-refractivity contribution < 1.29 is 9.53 Å². The van der Waals surface area contributed by atoms with Crippen LogP contribution in [-0.2, 0) is 11.3 Å². The Morgan fingerprint density at radius 3 is 2.78 bits per heavy atom. The number of carbonyl (C=O) groups is 1. The van der Waals surface area contributed by atoms with E-state index in [1.165, 1.54) is 0 Å². The van der Waals surface area contributed by atoms with Gasteiger partial charge in [-0.25, -0.2) is 4.79 Å². The third kappa shape index (κ3) is 3.86. The van der Waals surface area contributed by atoms with Crippen molar-refractivity contribution in [1.82, 2.24) is 4.98 Å². The largest absolute Gasteiger partial charge is 0.457 e. The van der Waals surface area contributed by atoms with Crippen LogP contribution >= 0.6 is 12.4 Å². The molecule has 0 aliphatic heterocycles. The van der Waals surface area contributed by atoms with Gasteiger partial charge in [-0.3, -0.25) is 4.98 Å². The highest BCUT2D eigenvalue weighted by Crippen LogP contribution is 2.07. The molecule has 0 fully saturated rings. The number of pyridine rings is 1. The Hall–Kier alpha value is -1.87. The molecule has 94 valence electrons. The van der Waals surface area contributed by atoms with E-state index in [0.29, 0.717) is 5.56 Å². The molecule has 3 nitrogen and oxygen atoms in total. The van der Waals surface area contributed by atoms with Gasteiger partial charge in [0.2, 0.25) is 0 Å². The maximum absolute atomic E-state index is 11.7. The average molecular weight is 264 g/mol. The lowest BCUT2D eigenvalue weighted by atomic mass is 10.1. The summed E-state index contributed by atoms with van der Waals surface area (Å²) in [7, 11) is 0. The molecule has 0 radical (unpaired) electrons. The minimum absolute atomic E-state index is 0. The van der Waals surface area contributed by atoms with Crippen LogP contribution in [0.1, 0.15) is 21.5 Å². The molecule has 2 aromatic rings. The standard InChI is InChI=1S/C14H13NO2.ClH/c1-11-4-2-6-13(8-11)14(16)17-10-12-5-3-7-15-9-12;/h2-9H,10H2,1H3;1H. The first kappa shape index (κ1) is 14.2. The Balaban J connectivity index is 0.00000162. The third-order valence-electron chi connectivity index (χ3n) is 2.35. The van der Waals surface area contributed by atoms with Crippen LogP contribution in [-0.4, -0.2) is 11.0 Å². The summed E-state index contributed by atoms with van der Waals surface area (Å²) in [6.45, 7) is 2.19. The van der Waals surface area contributed by atoms with Gasteiger partial charge in [0.15, 0.2) is 0 Å². The van der Waals surface area contributed by atoms with Gasteiger partial charge in [-0.05, 0) is 25.1 Å². The SMILES string of the molecule is Cc1cccc(C(=O)OCc2cccnc2)c1.Cl. The van der Waals surface area contributed by atoms with E-state index in [0.717, 1.165) is 11.1 Å². The van der Waals surface area contributed by atoms with Crippen molar-refractivity contribution in [2.75, 3.05) is 0 Å². The van der Waals surface area contributed by atoms with Crippen molar-refractivity contribution in [1.29, 1.82) is 0 Å². The zero-order valence-electron chi connectivity index (χ0n) is 10.00. The van der Waals surface area contributed by atoms with Crippen molar-refractivity contribution in [3.05, 3.63) is 65.5 Å². The fourth-order valence-corrected chi connectivity index (χ4v) is 1.49. The van der Waals surface area contributed by atoms with Crippen LogP contribution in [0, 0.1) is 6.92 Å². The fraction of sp³-hybridized carbons (Fsp3) is 0.143. The Labute approximate surface area is 112 Å². The zero-order valence-corrected chi connectivity index (χ0v) is 10.8. The monoisotopic (exact) mass is 263 g/mol. The molecule has 0 spiro atoms. The van der Waals surface area contributed by atoms with E-state index in [1.54, 1.807) is 18.5 Å². The molecule has 18 heavy (non-hydrogen) atoms. The first-order chi connectivity index (χ1) is 8.25. The molecule has 0 atom stereocenters. The lowest BCUT2D eigenvalue weighted by Gasteiger charge is -2.05. The highest BCUT2D eigenvalue weighted by Gasteiger charge is 2.06. The minimum atomic E-state index is -0.308. The second-order valence-corrected chi connectivity index (χ2v) is 3.81. The zero-order chi connectivity index (χ0) is 12.1. The second-order valence-electron chi connectivity index (χ2n) is 3.81. The molecule has 1 aromatic carbocycles. The van der Waals surface area contributed by atoms with Gasteiger partial charge in [-0.2, -0.15) is 0 Å². The van der Waals surface area contributed by atoms with Gasteiger partial charge in [-0.1, -0.05) is 23.8 Å². The van der Waals surface area contributed by atoms with Gasteiger partial charge in [0.05, 0.1) is 5.56 Å². The molecular weight excluding hydrogens is 250 g/mol. The van der Waals surface area contributed by atoms with E-state index in [2.05, 4.69) is 4.98 Å². The van der Waals surface area contributed by atoms with E-state index >= 15 is 0 Å². The maximum atomic E-state index is 11.7. The normalized spacial score (nSPS) is 9.39. The van der Waals surface area contributed by atoms with E-state index in [1.807, 2.05) is 37.3 Å². The molecule has 0 saturated carbocycles. The minimum Gasteiger partial charge on any atom is -0.457 e. The Morgan fingerprint density at radius 1 is 1.28 bits per heavy atom. The number of aromatic nitrogens is 1. The third-order valence-corrected chi connectivity index (χ3v) is 2.35. The lowest BCUT2D eigenvalue weighted by molar-refractivity contribution is 0.0472. The Morgan fingerprint density at radius 2 is 2.11 bits per heavy atom. The molecular formula is C14H14ClNO2. The number of ether oxygens (including phenoxy) is 1. The maximum Gasteiger partial charge on any atom is 0.338 e. The summed E-state index contributed by atoms with van der Waals surface area (Å²) in [5.74, 6) is -0.308. The number of halogens is 1. The van der Waals surface area contributed by atoms with E-state index in [9.17, 15) is 4.79 Å². The molecule has 1 heterocycles. The fourth-order valence-electron chi connectivity index (χ4n) is 1.49. The van der Waals surface area contributed by atoms with Crippen molar-refractivity contribution >= 4 is 18.4 Å². The quantitative estimate of drug-likeness (QED) is 0.799. The summed E-state index contributed by atoms with van der Waals surface area (Å²) in [6, 6.07) is 11.0. The van der Waals surface area contributed by atoms with Gasteiger partial charge in [0.1, 0.15) is 6.61 Å². The average Bonchev–Trinajstić information content (AvgIpc) is 2.37. The number of rotatable bonds is 3. The van der Waals surface area contributed by atoms with Crippen molar-refractivity contribution in [2.45, 2.75) is 13.5 Å². The van der Waals surface area contributed by atoms with Gasteiger partial charge in [0.25, 0.3) is 0 Å². The van der Waals surface area contributed by atoms with Gasteiger partial charge in [-0.15, -0.1) is 12.4 Å². The lowest BCUT2D eigenvalue weighted by Crippen LogP contribution is -2.05. The number of benzene rings is 1. The van der Waals surface area contributed by atoms with Crippen LogP contribution in [0.5, 0.6) is 0 Å². The predicted octanol–water partition coefficient (Wildman–Crippen LogP) is 3.17. The molecule has 2 rings (SSSR count). The smallest absolute Gasteiger partial charge is 0.338 e. The van der Waals surface area contributed by atoms with Crippen LogP contribution in [0.2, 0.25) is 0 Å². The number of hydrogen-bond acceptors (Lipinski definition) is 3. The summed E-state index contributed by atoms with van der Waals surface area (Å²) in [5, 5.41) is 0. The van der Waals surface area contributed by atoms with Gasteiger partial charge in [0, 0.05) is 18.0 Å². The van der Waals surface area contributed by atoms with Gasteiger partial charge >= 0.3 is 5.97 Å². The number of aryl methyl sites for hydroxylation is 1. The summed E-state index contributed by atoms with van der Waals surface area (Å²) >= 11 is 0. The van der Waals surface area contributed by atoms with Crippen molar-refractivity contribution in [2.24, 2.45) is 0 Å². The van der Waals surface area contributed by atoms with Crippen LogP contribution in [0.25, 0.3) is 0 Å². The highest BCUT2D eigenvalue weighted by molar-refractivity contribution is 5.89. The van der Waals surface area contributed by atoms with E-state index in [-0.39, 0.29) is 25.0 Å². The highest BCUT2D eigenvalue weighted by atomic mass is 35.5.